The molecule has 2 atom stereocenters. The van der Waals surface area contributed by atoms with Gasteiger partial charge >= 0.3 is 0 Å². The summed E-state index contributed by atoms with van der Waals surface area (Å²) in [6.45, 7) is 2.84. The second kappa shape index (κ2) is 7.58. The largest absolute Gasteiger partial charge is 0.497 e. The second-order valence-electron chi connectivity index (χ2n) is 5.90. The summed E-state index contributed by atoms with van der Waals surface area (Å²) in [5.41, 5.74) is 2.21. The lowest BCUT2D eigenvalue weighted by atomic mass is 9.94. The van der Waals surface area contributed by atoms with Crippen LogP contribution in [0.4, 0.5) is 0 Å². The highest BCUT2D eigenvalue weighted by atomic mass is 16.5. The Labute approximate surface area is 143 Å². The topological polar surface area (TPSA) is 36.9 Å². The van der Waals surface area contributed by atoms with E-state index in [9.17, 15) is 0 Å². The molecule has 1 aliphatic heterocycles. The number of methoxy groups -OCH3 is 2. The van der Waals surface area contributed by atoms with E-state index in [-0.39, 0.29) is 12.2 Å². The van der Waals surface area contributed by atoms with E-state index in [0.717, 1.165) is 47.8 Å². The van der Waals surface area contributed by atoms with E-state index in [4.69, 9.17) is 18.9 Å². The van der Waals surface area contributed by atoms with Gasteiger partial charge in [-0.25, -0.2) is 0 Å². The second-order valence-corrected chi connectivity index (χ2v) is 5.90. The van der Waals surface area contributed by atoms with Crippen molar-refractivity contribution in [3.05, 3.63) is 53.6 Å². The van der Waals surface area contributed by atoms with Crippen LogP contribution in [0.5, 0.6) is 17.2 Å². The number of rotatable bonds is 6. The molecular formula is C20H24O4. The number of hydrogen-bond acceptors (Lipinski definition) is 4. The highest BCUT2D eigenvalue weighted by Gasteiger charge is 2.32. The molecule has 2 aromatic rings. The van der Waals surface area contributed by atoms with Gasteiger partial charge in [0.25, 0.3) is 0 Å². The van der Waals surface area contributed by atoms with Gasteiger partial charge in [0.15, 0.2) is 6.10 Å². The quantitative estimate of drug-likeness (QED) is 0.797. The third-order valence-corrected chi connectivity index (χ3v) is 4.25. The summed E-state index contributed by atoms with van der Waals surface area (Å²) in [5.74, 6) is 2.48. The van der Waals surface area contributed by atoms with Crippen LogP contribution in [0.3, 0.4) is 0 Å². The van der Waals surface area contributed by atoms with Crippen LogP contribution in [0.1, 0.15) is 30.6 Å². The van der Waals surface area contributed by atoms with E-state index < -0.39 is 0 Å². The van der Waals surface area contributed by atoms with E-state index in [0.29, 0.717) is 0 Å². The van der Waals surface area contributed by atoms with Crippen LogP contribution in [0.2, 0.25) is 0 Å². The van der Waals surface area contributed by atoms with Crippen LogP contribution in [0.15, 0.2) is 42.5 Å². The summed E-state index contributed by atoms with van der Waals surface area (Å²) < 4.78 is 23.1. The Kier molecular flexibility index (Phi) is 5.26. The molecule has 1 unspecified atom stereocenters. The maximum absolute atomic E-state index is 6.31. The Bertz CT molecular complexity index is 683. The van der Waals surface area contributed by atoms with Crippen molar-refractivity contribution in [2.45, 2.75) is 32.0 Å². The molecule has 1 aliphatic rings. The van der Waals surface area contributed by atoms with Gasteiger partial charge in [0.05, 0.1) is 14.2 Å². The highest BCUT2D eigenvalue weighted by Crippen LogP contribution is 2.39. The molecule has 4 nitrogen and oxygen atoms in total. The van der Waals surface area contributed by atoms with Crippen molar-refractivity contribution in [2.75, 3.05) is 20.8 Å². The van der Waals surface area contributed by atoms with Crippen molar-refractivity contribution in [2.24, 2.45) is 0 Å². The molecule has 0 spiro atoms. The molecule has 24 heavy (non-hydrogen) atoms. The minimum absolute atomic E-state index is 0.0158. The van der Waals surface area contributed by atoms with E-state index in [1.165, 1.54) is 0 Å². The number of hydrogen-bond donors (Lipinski definition) is 0. The zero-order chi connectivity index (χ0) is 16.9. The predicted octanol–water partition coefficient (Wildman–Crippen LogP) is 4.18. The van der Waals surface area contributed by atoms with Crippen molar-refractivity contribution in [1.82, 2.24) is 0 Å². The zero-order valence-electron chi connectivity index (χ0n) is 14.5. The molecule has 2 aromatic carbocycles. The first kappa shape index (κ1) is 16.7. The first-order valence-corrected chi connectivity index (χ1v) is 8.34. The normalized spacial score (nSPS) is 19.3. The van der Waals surface area contributed by atoms with E-state index in [1.54, 1.807) is 14.2 Å². The average Bonchev–Trinajstić information content (AvgIpc) is 2.65. The monoisotopic (exact) mass is 328 g/mol. The molecule has 4 heteroatoms. The molecule has 128 valence electrons. The van der Waals surface area contributed by atoms with Crippen LogP contribution in [-0.2, 0) is 11.2 Å². The van der Waals surface area contributed by atoms with E-state index in [1.807, 2.05) is 30.3 Å². The van der Waals surface area contributed by atoms with Gasteiger partial charge < -0.3 is 18.9 Å². The number of ether oxygens (including phenoxy) is 4. The SMILES string of the molecule is CCCO[C@@H]1Cc2ccc(OC)cc2OC1c1cccc(OC)c1. The Morgan fingerprint density at radius 1 is 1.04 bits per heavy atom. The first-order chi connectivity index (χ1) is 11.7. The Hall–Kier alpha value is -2.20. The van der Waals surface area contributed by atoms with Gasteiger partial charge in [0, 0.05) is 19.1 Å². The molecular weight excluding hydrogens is 304 g/mol. The maximum atomic E-state index is 6.31. The summed E-state index contributed by atoms with van der Waals surface area (Å²) in [6.07, 6.45) is 1.63. The lowest BCUT2D eigenvalue weighted by Crippen LogP contribution is -2.33. The molecule has 0 radical (unpaired) electrons. The number of fused-ring (bicyclic) bond motifs is 1. The highest BCUT2D eigenvalue weighted by molar-refractivity contribution is 5.44. The summed E-state index contributed by atoms with van der Waals surface area (Å²) in [7, 11) is 3.34. The van der Waals surface area contributed by atoms with Gasteiger partial charge in [0.1, 0.15) is 23.4 Å². The van der Waals surface area contributed by atoms with Crippen LogP contribution < -0.4 is 14.2 Å². The molecule has 0 aliphatic carbocycles. The van der Waals surface area contributed by atoms with Gasteiger partial charge in [-0.2, -0.15) is 0 Å². The van der Waals surface area contributed by atoms with Crippen LogP contribution >= 0.6 is 0 Å². The lowest BCUT2D eigenvalue weighted by Gasteiger charge is -2.34. The lowest BCUT2D eigenvalue weighted by molar-refractivity contribution is -0.0374. The average molecular weight is 328 g/mol. The van der Waals surface area contributed by atoms with Crippen molar-refractivity contribution >= 4 is 0 Å². The fraction of sp³-hybridized carbons (Fsp3) is 0.400. The van der Waals surface area contributed by atoms with Gasteiger partial charge in [-0.15, -0.1) is 0 Å². The third-order valence-electron chi connectivity index (χ3n) is 4.25. The Morgan fingerprint density at radius 2 is 1.83 bits per heavy atom. The van der Waals surface area contributed by atoms with E-state index in [2.05, 4.69) is 19.1 Å². The summed E-state index contributed by atoms with van der Waals surface area (Å²) >= 11 is 0. The van der Waals surface area contributed by atoms with Gasteiger partial charge in [0.2, 0.25) is 0 Å². The van der Waals surface area contributed by atoms with Crippen LogP contribution in [0, 0.1) is 0 Å². The fourth-order valence-electron chi connectivity index (χ4n) is 2.99. The third kappa shape index (κ3) is 3.49. The fourth-order valence-corrected chi connectivity index (χ4v) is 2.99. The smallest absolute Gasteiger partial charge is 0.150 e. The zero-order valence-corrected chi connectivity index (χ0v) is 14.5. The Balaban J connectivity index is 1.93. The van der Waals surface area contributed by atoms with Gasteiger partial charge in [-0.3, -0.25) is 0 Å². The summed E-state index contributed by atoms with van der Waals surface area (Å²) in [6, 6.07) is 13.9. The molecule has 0 bridgehead atoms. The Morgan fingerprint density at radius 3 is 2.58 bits per heavy atom. The molecule has 1 heterocycles. The molecule has 3 rings (SSSR count). The van der Waals surface area contributed by atoms with Crippen LogP contribution in [0.25, 0.3) is 0 Å². The van der Waals surface area contributed by atoms with Crippen molar-refractivity contribution in [3.8, 4) is 17.2 Å². The van der Waals surface area contributed by atoms with E-state index >= 15 is 0 Å². The number of benzene rings is 2. The molecule has 0 N–H and O–H groups in total. The molecule has 0 saturated heterocycles. The molecule has 0 saturated carbocycles. The van der Waals surface area contributed by atoms with Crippen LogP contribution in [-0.4, -0.2) is 26.9 Å². The minimum atomic E-state index is -0.161. The standard InChI is InChI=1S/C20H24O4/c1-4-10-23-19-12-14-8-9-17(22-3)13-18(14)24-20(19)15-6-5-7-16(11-15)21-2/h5-9,11,13,19-20H,4,10,12H2,1-3H3/t19-,20?/m1/s1. The van der Waals surface area contributed by atoms with Crippen molar-refractivity contribution < 1.29 is 18.9 Å². The molecule has 0 amide bonds. The van der Waals surface area contributed by atoms with Gasteiger partial charge in [-0.1, -0.05) is 25.1 Å². The van der Waals surface area contributed by atoms with Crippen molar-refractivity contribution in [3.63, 3.8) is 0 Å². The van der Waals surface area contributed by atoms with Gasteiger partial charge in [-0.05, 0) is 35.7 Å². The first-order valence-electron chi connectivity index (χ1n) is 8.34. The molecule has 0 fully saturated rings. The summed E-state index contributed by atoms with van der Waals surface area (Å²) in [4.78, 5) is 0. The minimum Gasteiger partial charge on any atom is -0.497 e. The predicted molar refractivity (Wildman–Crippen MR) is 93.1 cm³/mol. The molecule has 0 aromatic heterocycles. The summed E-state index contributed by atoms with van der Waals surface area (Å²) in [5, 5.41) is 0. The van der Waals surface area contributed by atoms with Crippen molar-refractivity contribution in [1.29, 1.82) is 0 Å². The maximum Gasteiger partial charge on any atom is 0.150 e.